The van der Waals surface area contributed by atoms with Crippen LogP contribution in [0.5, 0.6) is 5.75 Å². The van der Waals surface area contributed by atoms with Gasteiger partial charge < -0.3 is 10.5 Å². The Bertz CT molecular complexity index is 524. The third-order valence-corrected chi connectivity index (χ3v) is 3.57. The smallest absolute Gasteiger partial charge is 0.122 e. The summed E-state index contributed by atoms with van der Waals surface area (Å²) in [5.41, 5.74) is 8.88. The molecule has 0 saturated heterocycles. The van der Waals surface area contributed by atoms with Crippen LogP contribution in [0.3, 0.4) is 0 Å². The highest BCUT2D eigenvalue weighted by Crippen LogP contribution is 2.35. The number of hydrogen-bond donors (Lipinski definition) is 1. The summed E-state index contributed by atoms with van der Waals surface area (Å²) in [6, 6.07) is 18.7. The van der Waals surface area contributed by atoms with Crippen LogP contribution in [0.4, 0.5) is 0 Å². The summed E-state index contributed by atoms with van der Waals surface area (Å²) >= 11 is 0. The summed E-state index contributed by atoms with van der Waals surface area (Å²) in [5.74, 6) is 1.30. The van der Waals surface area contributed by atoms with Crippen molar-refractivity contribution in [3.63, 3.8) is 0 Å². The number of hydrogen-bond acceptors (Lipinski definition) is 2. The Labute approximate surface area is 107 Å². The Morgan fingerprint density at radius 3 is 2.61 bits per heavy atom. The lowest BCUT2D eigenvalue weighted by molar-refractivity contribution is 0.313. The highest BCUT2D eigenvalue weighted by Gasteiger charge is 2.28. The Kier molecular flexibility index (Phi) is 3.03. The molecule has 0 saturated carbocycles. The summed E-state index contributed by atoms with van der Waals surface area (Å²) in [5, 5.41) is 0. The van der Waals surface area contributed by atoms with Crippen molar-refractivity contribution >= 4 is 0 Å². The van der Waals surface area contributed by atoms with Crippen LogP contribution in [-0.4, -0.2) is 12.6 Å². The molecule has 0 aliphatic carbocycles. The molecule has 2 aromatic carbocycles. The fourth-order valence-electron chi connectivity index (χ4n) is 2.57. The maximum atomic E-state index is 6.35. The van der Waals surface area contributed by atoms with Crippen molar-refractivity contribution in [2.45, 2.75) is 18.4 Å². The molecule has 0 amide bonds. The molecule has 2 unspecified atom stereocenters. The first-order valence-electron chi connectivity index (χ1n) is 6.36. The van der Waals surface area contributed by atoms with E-state index in [1.165, 1.54) is 11.1 Å². The van der Waals surface area contributed by atoms with Crippen LogP contribution >= 0.6 is 0 Å². The van der Waals surface area contributed by atoms with Crippen molar-refractivity contribution in [1.82, 2.24) is 0 Å². The van der Waals surface area contributed by atoms with E-state index in [1.54, 1.807) is 0 Å². The molecule has 1 aliphatic heterocycles. The first-order valence-corrected chi connectivity index (χ1v) is 6.36. The van der Waals surface area contributed by atoms with Crippen molar-refractivity contribution in [3.05, 3.63) is 65.7 Å². The lowest BCUT2D eigenvalue weighted by atomic mass is 9.90. The predicted molar refractivity (Wildman–Crippen MR) is 72.8 cm³/mol. The van der Waals surface area contributed by atoms with Crippen molar-refractivity contribution < 1.29 is 4.74 Å². The van der Waals surface area contributed by atoms with Gasteiger partial charge in [0.05, 0.1) is 6.61 Å². The minimum atomic E-state index is 0.107. The van der Waals surface area contributed by atoms with Gasteiger partial charge in [0, 0.05) is 17.5 Å². The number of fused-ring (bicyclic) bond motifs is 1. The average Bonchev–Trinajstić information content (AvgIpc) is 2.84. The molecular weight excluding hydrogens is 222 g/mol. The topological polar surface area (TPSA) is 35.2 Å². The molecule has 92 valence electrons. The first-order chi connectivity index (χ1) is 8.84. The third-order valence-electron chi connectivity index (χ3n) is 3.57. The predicted octanol–water partition coefficient (Wildman–Crippen LogP) is 2.73. The van der Waals surface area contributed by atoms with Gasteiger partial charge in [-0.3, -0.25) is 0 Å². The van der Waals surface area contributed by atoms with Gasteiger partial charge in [0.1, 0.15) is 5.75 Å². The standard InChI is InChI=1S/C16H17NO/c17-15(10-12-6-2-1-3-7-12)14-11-18-16-9-5-4-8-13(14)16/h1-9,14-15H,10-11,17H2. The van der Waals surface area contributed by atoms with Crippen molar-refractivity contribution in [2.24, 2.45) is 5.73 Å². The van der Waals surface area contributed by atoms with Gasteiger partial charge in [0.15, 0.2) is 0 Å². The Hall–Kier alpha value is -1.80. The van der Waals surface area contributed by atoms with Crippen LogP contribution in [0.15, 0.2) is 54.6 Å². The van der Waals surface area contributed by atoms with E-state index in [-0.39, 0.29) is 6.04 Å². The summed E-state index contributed by atoms with van der Waals surface area (Å²) in [7, 11) is 0. The molecule has 1 aliphatic rings. The van der Waals surface area contributed by atoms with Gasteiger partial charge >= 0.3 is 0 Å². The molecule has 0 spiro atoms. The highest BCUT2D eigenvalue weighted by molar-refractivity contribution is 5.40. The van der Waals surface area contributed by atoms with E-state index in [4.69, 9.17) is 10.5 Å². The molecule has 18 heavy (non-hydrogen) atoms. The molecule has 2 N–H and O–H groups in total. The number of rotatable bonds is 3. The minimum absolute atomic E-state index is 0.107. The van der Waals surface area contributed by atoms with Crippen LogP contribution < -0.4 is 10.5 Å². The molecule has 3 rings (SSSR count). The van der Waals surface area contributed by atoms with E-state index in [9.17, 15) is 0 Å². The van der Waals surface area contributed by atoms with Gasteiger partial charge in [0.25, 0.3) is 0 Å². The second-order valence-corrected chi connectivity index (χ2v) is 4.81. The molecule has 2 heteroatoms. The summed E-state index contributed by atoms with van der Waals surface area (Å²) in [4.78, 5) is 0. The maximum absolute atomic E-state index is 6.35. The molecule has 0 aromatic heterocycles. The van der Waals surface area contributed by atoms with Crippen molar-refractivity contribution in [2.75, 3.05) is 6.61 Å². The molecule has 2 atom stereocenters. The number of para-hydroxylation sites is 1. The summed E-state index contributed by atoms with van der Waals surface area (Å²) in [6.07, 6.45) is 0.892. The lowest BCUT2D eigenvalue weighted by Gasteiger charge is -2.18. The van der Waals surface area contributed by atoms with E-state index >= 15 is 0 Å². The second-order valence-electron chi connectivity index (χ2n) is 4.81. The second kappa shape index (κ2) is 4.83. The highest BCUT2D eigenvalue weighted by atomic mass is 16.5. The summed E-state index contributed by atoms with van der Waals surface area (Å²) in [6.45, 7) is 0.702. The SMILES string of the molecule is NC(Cc1ccccc1)C1COc2ccccc21. The van der Waals surface area contributed by atoms with E-state index in [1.807, 2.05) is 18.2 Å². The maximum Gasteiger partial charge on any atom is 0.122 e. The molecule has 2 aromatic rings. The molecule has 0 bridgehead atoms. The Morgan fingerprint density at radius 1 is 1.06 bits per heavy atom. The van der Waals surface area contributed by atoms with Gasteiger partial charge in [0.2, 0.25) is 0 Å². The lowest BCUT2D eigenvalue weighted by Crippen LogP contribution is -2.31. The Morgan fingerprint density at radius 2 is 1.78 bits per heavy atom. The van der Waals surface area contributed by atoms with Crippen LogP contribution in [0.2, 0.25) is 0 Å². The quantitative estimate of drug-likeness (QED) is 0.893. The number of ether oxygens (including phenoxy) is 1. The van der Waals surface area contributed by atoms with Gasteiger partial charge in [-0.1, -0.05) is 48.5 Å². The van der Waals surface area contributed by atoms with E-state index in [0.717, 1.165) is 12.2 Å². The third kappa shape index (κ3) is 2.12. The normalized spacial score (nSPS) is 19.1. The van der Waals surface area contributed by atoms with Gasteiger partial charge in [-0.15, -0.1) is 0 Å². The molecule has 1 heterocycles. The van der Waals surface area contributed by atoms with E-state index in [2.05, 4.69) is 36.4 Å². The Balaban J connectivity index is 1.77. The molecule has 0 radical (unpaired) electrons. The van der Waals surface area contributed by atoms with Crippen LogP contribution in [0.25, 0.3) is 0 Å². The van der Waals surface area contributed by atoms with Crippen LogP contribution in [0, 0.1) is 0 Å². The first kappa shape index (κ1) is 11.3. The fraction of sp³-hybridized carbons (Fsp3) is 0.250. The van der Waals surface area contributed by atoms with Crippen LogP contribution in [0.1, 0.15) is 17.0 Å². The zero-order valence-corrected chi connectivity index (χ0v) is 10.3. The van der Waals surface area contributed by atoms with Crippen LogP contribution in [-0.2, 0) is 6.42 Å². The zero-order valence-electron chi connectivity index (χ0n) is 10.3. The van der Waals surface area contributed by atoms with E-state index < -0.39 is 0 Å². The minimum Gasteiger partial charge on any atom is -0.493 e. The van der Waals surface area contributed by atoms with Crippen molar-refractivity contribution in [3.8, 4) is 5.75 Å². The van der Waals surface area contributed by atoms with E-state index in [0.29, 0.717) is 12.5 Å². The molecular formula is C16H17NO. The zero-order chi connectivity index (χ0) is 12.4. The molecule has 2 nitrogen and oxygen atoms in total. The monoisotopic (exact) mass is 239 g/mol. The number of nitrogens with two attached hydrogens (primary N) is 1. The van der Waals surface area contributed by atoms with Crippen molar-refractivity contribution in [1.29, 1.82) is 0 Å². The van der Waals surface area contributed by atoms with Gasteiger partial charge in [-0.05, 0) is 18.1 Å². The van der Waals surface area contributed by atoms with Gasteiger partial charge in [-0.2, -0.15) is 0 Å². The largest absolute Gasteiger partial charge is 0.493 e. The van der Waals surface area contributed by atoms with Gasteiger partial charge in [-0.25, -0.2) is 0 Å². The number of benzene rings is 2. The summed E-state index contributed by atoms with van der Waals surface area (Å²) < 4.78 is 5.69. The molecule has 0 fully saturated rings. The fourth-order valence-corrected chi connectivity index (χ4v) is 2.57. The average molecular weight is 239 g/mol.